The number of carbonyl (C=O) groups is 1. The van der Waals surface area contributed by atoms with Crippen LogP contribution in [0.1, 0.15) is 5.76 Å². The van der Waals surface area contributed by atoms with Crippen molar-refractivity contribution in [2.45, 2.75) is 0 Å². The Balaban J connectivity index is 1.92. The zero-order valence-corrected chi connectivity index (χ0v) is 14.9. The van der Waals surface area contributed by atoms with Crippen molar-refractivity contribution in [1.82, 2.24) is 0 Å². The first-order valence-corrected chi connectivity index (χ1v) is 8.21. The lowest BCUT2D eigenvalue weighted by Gasteiger charge is -2.03. The number of nitriles is 1. The summed E-state index contributed by atoms with van der Waals surface area (Å²) < 4.78 is 19.3. The highest BCUT2D eigenvalue weighted by Gasteiger charge is 2.15. The summed E-state index contributed by atoms with van der Waals surface area (Å²) in [7, 11) is 0. The Morgan fingerprint density at radius 1 is 1.28 bits per heavy atom. The fraction of sp³-hybridized carbons (Fsp3) is 0. The van der Waals surface area contributed by atoms with Crippen molar-refractivity contribution < 1.29 is 13.6 Å². The molecule has 1 heterocycles. The van der Waals surface area contributed by atoms with Crippen LogP contribution in [0.4, 0.5) is 10.1 Å². The molecule has 1 N–H and O–H groups in total. The van der Waals surface area contributed by atoms with Gasteiger partial charge in [-0.15, -0.1) is 0 Å². The lowest BCUT2D eigenvalue weighted by molar-refractivity contribution is -0.112. The summed E-state index contributed by atoms with van der Waals surface area (Å²) in [4.78, 5) is 12.2. The maximum atomic E-state index is 12.9. The fourth-order valence-corrected chi connectivity index (χ4v) is 2.76. The molecule has 0 fully saturated rings. The molecule has 7 heteroatoms. The molecule has 0 saturated heterocycles. The van der Waals surface area contributed by atoms with Crippen molar-refractivity contribution in [2.24, 2.45) is 0 Å². The van der Waals surface area contributed by atoms with E-state index in [1.807, 2.05) is 6.07 Å². The normalized spacial score (nSPS) is 11.4. The molecule has 0 aliphatic rings. The van der Waals surface area contributed by atoms with E-state index < -0.39 is 11.7 Å². The summed E-state index contributed by atoms with van der Waals surface area (Å²) in [5, 5.41) is 12.7. The second-order valence-electron chi connectivity index (χ2n) is 5.05. The zero-order valence-electron chi connectivity index (χ0n) is 12.5. The van der Waals surface area contributed by atoms with Gasteiger partial charge in [0.15, 0.2) is 0 Å². The molecule has 0 aliphatic heterocycles. The molecule has 0 atom stereocenters. The summed E-state index contributed by atoms with van der Waals surface area (Å²) in [5.41, 5.74) is 0.715. The SMILES string of the molecule is N#C/C(=C\c1oc2ccc(Br)cc2c1Cl)C(=O)Nc1ccc(F)cc1. The molecule has 3 aromatic rings. The Bertz CT molecular complexity index is 1040. The molecule has 2 aromatic carbocycles. The summed E-state index contributed by atoms with van der Waals surface area (Å²) in [6, 6.07) is 12.3. The molecule has 3 rings (SSSR count). The van der Waals surface area contributed by atoms with Crippen LogP contribution in [0, 0.1) is 17.1 Å². The molecule has 25 heavy (non-hydrogen) atoms. The maximum absolute atomic E-state index is 12.9. The number of rotatable bonds is 3. The molecule has 0 saturated carbocycles. The molecular formula is C18H9BrClFN2O2. The number of furan rings is 1. The molecule has 1 aromatic heterocycles. The van der Waals surface area contributed by atoms with Crippen molar-refractivity contribution in [2.75, 3.05) is 5.32 Å². The lowest BCUT2D eigenvalue weighted by atomic mass is 10.2. The number of carbonyl (C=O) groups excluding carboxylic acids is 1. The molecule has 0 aliphatic carbocycles. The van der Waals surface area contributed by atoms with Gasteiger partial charge in [-0.3, -0.25) is 4.79 Å². The van der Waals surface area contributed by atoms with E-state index in [1.165, 1.54) is 30.3 Å². The van der Waals surface area contributed by atoms with Crippen molar-refractivity contribution in [3.63, 3.8) is 0 Å². The first-order valence-electron chi connectivity index (χ1n) is 7.04. The van der Waals surface area contributed by atoms with Crippen LogP contribution < -0.4 is 5.32 Å². The van der Waals surface area contributed by atoms with E-state index in [0.717, 1.165) is 4.47 Å². The minimum absolute atomic E-state index is 0.190. The predicted molar refractivity (Wildman–Crippen MR) is 97.5 cm³/mol. The fourth-order valence-electron chi connectivity index (χ4n) is 2.16. The first-order chi connectivity index (χ1) is 12.0. The Hall–Kier alpha value is -2.62. The Morgan fingerprint density at radius 3 is 2.68 bits per heavy atom. The maximum Gasteiger partial charge on any atom is 0.266 e. The average molecular weight is 420 g/mol. The first kappa shape index (κ1) is 17.2. The summed E-state index contributed by atoms with van der Waals surface area (Å²) in [6.07, 6.45) is 1.27. The van der Waals surface area contributed by atoms with Crippen molar-refractivity contribution in [3.8, 4) is 6.07 Å². The van der Waals surface area contributed by atoms with E-state index in [2.05, 4.69) is 21.2 Å². The second-order valence-corrected chi connectivity index (χ2v) is 6.35. The van der Waals surface area contributed by atoms with Crippen LogP contribution in [0.2, 0.25) is 5.02 Å². The van der Waals surface area contributed by atoms with Crippen LogP contribution in [-0.4, -0.2) is 5.91 Å². The average Bonchev–Trinajstić information content (AvgIpc) is 2.90. The van der Waals surface area contributed by atoms with Crippen molar-refractivity contribution >= 4 is 56.2 Å². The third kappa shape index (κ3) is 3.73. The molecular weight excluding hydrogens is 411 g/mol. The number of hydrogen-bond acceptors (Lipinski definition) is 3. The highest BCUT2D eigenvalue weighted by atomic mass is 79.9. The van der Waals surface area contributed by atoms with Crippen molar-refractivity contribution in [1.29, 1.82) is 5.26 Å². The van der Waals surface area contributed by atoms with Gasteiger partial charge in [0.2, 0.25) is 0 Å². The van der Waals surface area contributed by atoms with E-state index in [9.17, 15) is 14.4 Å². The van der Waals surface area contributed by atoms with E-state index in [4.69, 9.17) is 16.0 Å². The number of benzene rings is 2. The number of fused-ring (bicyclic) bond motifs is 1. The summed E-state index contributed by atoms with van der Waals surface area (Å²) in [6.45, 7) is 0. The van der Waals surface area contributed by atoms with Gasteiger partial charge in [0.05, 0.1) is 5.02 Å². The lowest BCUT2D eigenvalue weighted by Crippen LogP contribution is -2.13. The van der Waals surface area contributed by atoms with E-state index in [1.54, 1.807) is 18.2 Å². The summed E-state index contributed by atoms with van der Waals surface area (Å²) >= 11 is 9.62. The third-order valence-corrected chi connectivity index (χ3v) is 4.24. The van der Waals surface area contributed by atoms with E-state index in [-0.39, 0.29) is 11.3 Å². The van der Waals surface area contributed by atoms with Gasteiger partial charge in [0.1, 0.15) is 28.8 Å². The highest BCUT2D eigenvalue weighted by Crippen LogP contribution is 2.33. The number of amides is 1. The molecule has 0 radical (unpaired) electrons. The number of nitrogens with zero attached hydrogens (tertiary/aromatic N) is 1. The standard InChI is InChI=1S/C18H9BrClFN2O2/c19-11-1-6-15-14(8-11)17(20)16(25-15)7-10(9-22)18(24)23-13-4-2-12(21)3-5-13/h1-8H,(H,23,24)/b10-7+. The smallest absolute Gasteiger partial charge is 0.266 e. The van der Waals surface area contributed by atoms with Crippen molar-refractivity contribution in [3.05, 3.63) is 69.1 Å². The van der Waals surface area contributed by atoms with Gasteiger partial charge >= 0.3 is 0 Å². The van der Waals surface area contributed by atoms with Gasteiger partial charge in [0, 0.05) is 21.6 Å². The quantitative estimate of drug-likeness (QED) is 0.448. The number of hydrogen-bond donors (Lipinski definition) is 1. The third-order valence-electron chi connectivity index (χ3n) is 3.36. The van der Waals surface area contributed by atoms with Gasteiger partial charge < -0.3 is 9.73 Å². The minimum Gasteiger partial charge on any atom is -0.455 e. The van der Waals surface area contributed by atoms with Gasteiger partial charge in [-0.05, 0) is 42.5 Å². The molecule has 124 valence electrons. The van der Waals surface area contributed by atoms with Crippen LogP contribution in [0.3, 0.4) is 0 Å². The van der Waals surface area contributed by atoms with Gasteiger partial charge in [-0.2, -0.15) is 5.26 Å². The van der Waals surface area contributed by atoms with Crippen LogP contribution in [0.15, 0.2) is 56.9 Å². The van der Waals surface area contributed by atoms with Gasteiger partial charge in [0.25, 0.3) is 5.91 Å². The van der Waals surface area contributed by atoms with Crippen LogP contribution >= 0.6 is 27.5 Å². The largest absolute Gasteiger partial charge is 0.455 e. The Labute approximate surface area is 155 Å². The molecule has 1 amide bonds. The Kier molecular flexibility index (Phi) is 4.88. The minimum atomic E-state index is -0.646. The second kappa shape index (κ2) is 7.09. The highest BCUT2D eigenvalue weighted by molar-refractivity contribution is 9.10. The summed E-state index contributed by atoms with van der Waals surface area (Å²) in [5.74, 6) is -0.860. The molecule has 0 spiro atoms. The number of nitrogens with one attached hydrogen (secondary N) is 1. The monoisotopic (exact) mass is 418 g/mol. The van der Waals surface area contributed by atoms with Crippen LogP contribution in [-0.2, 0) is 4.79 Å². The predicted octanol–water partition coefficient (Wildman–Crippen LogP) is 5.53. The van der Waals surface area contributed by atoms with Crippen LogP contribution in [0.5, 0.6) is 0 Å². The van der Waals surface area contributed by atoms with Gasteiger partial charge in [-0.1, -0.05) is 27.5 Å². The zero-order chi connectivity index (χ0) is 18.0. The molecule has 0 bridgehead atoms. The van der Waals surface area contributed by atoms with Gasteiger partial charge in [-0.25, -0.2) is 4.39 Å². The molecule has 4 nitrogen and oxygen atoms in total. The van der Waals surface area contributed by atoms with E-state index >= 15 is 0 Å². The molecule has 0 unspecified atom stereocenters. The topological polar surface area (TPSA) is 66.0 Å². The Morgan fingerprint density at radius 2 is 2.00 bits per heavy atom. The number of anilines is 1. The van der Waals surface area contributed by atoms with Crippen LogP contribution in [0.25, 0.3) is 17.0 Å². The van der Waals surface area contributed by atoms with E-state index in [0.29, 0.717) is 21.7 Å². The number of halogens is 3.